The average Bonchev–Trinajstić information content (AvgIpc) is 3.20. The van der Waals surface area contributed by atoms with Crippen LogP contribution in [0.4, 0.5) is 10.2 Å². The molecule has 0 aliphatic carbocycles. The Morgan fingerprint density at radius 3 is 2.82 bits per heavy atom. The number of rotatable bonds is 3. The number of carbonyl (C=O) groups excluding carboxylic acids is 1. The molecule has 0 saturated heterocycles. The third-order valence-electron chi connectivity index (χ3n) is 6.13. The molecule has 0 fully saturated rings. The molecule has 1 aromatic carbocycles. The van der Waals surface area contributed by atoms with E-state index in [4.69, 9.17) is 14.8 Å². The van der Waals surface area contributed by atoms with E-state index in [1.54, 1.807) is 4.90 Å². The normalized spacial score (nSPS) is 19.9. The van der Waals surface area contributed by atoms with Gasteiger partial charge in [-0.1, -0.05) is 13.8 Å². The number of aliphatic imine (C=N–C) groups is 1. The Kier molecular flexibility index (Phi) is 4.28. The summed E-state index contributed by atoms with van der Waals surface area (Å²) < 4.78 is 21.3. The highest BCUT2D eigenvalue weighted by Gasteiger charge is 2.40. The Morgan fingerprint density at radius 2 is 2.11 bits per heavy atom. The maximum absolute atomic E-state index is 13.8. The zero-order valence-corrected chi connectivity index (χ0v) is 16.9. The van der Waals surface area contributed by atoms with Gasteiger partial charge in [0.2, 0.25) is 0 Å². The average molecular weight is 384 g/mol. The first-order valence-corrected chi connectivity index (χ1v) is 9.61. The Balaban J connectivity index is 1.65. The van der Waals surface area contributed by atoms with Gasteiger partial charge in [0.1, 0.15) is 11.6 Å². The van der Waals surface area contributed by atoms with E-state index in [0.29, 0.717) is 25.4 Å². The third-order valence-corrected chi connectivity index (χ3v) is 6.13. The van der Waals surface area contributed by atoms with E-state index < -0.39 is 5.82 Å². The minimum atomic E-state index is -0.458. The fraction of sp³-hybridized carbons (Fsp3) is 0.476. The van der Waals surface area contributed by atoms with E-state index >= 15 is 0 Å². The van der Waals surface area contributed by atoms with Crippen LogP contribution in [0.5, 0.6) is 5.75 Å². The van der Waals surface area contributed by atoms with Gasteiger partial charge in [-0.15, -0.1) is 0 Å². The van der Waals surface area contributed by atoms with Crippen molar-refractivity contribution in [2.24, 2.45) is 10.4 Å². The molecule has 1 atom stereocenters. The molecule has 2 aliphatic rings. The Hall–Kier alpha value is -2.70. The number of amides is 1. The molecule has 7 heteroatoms. The molecular weight excluding hydrogens is 359 g/mol. The molecule has 1 aromatic heterocycles. The van der Waals surface area contributed by atoms with E-state index in [1.807, 2.05) is 18.5 Å². The van der Waals surface area contributed by atoms with Crippen LogP contribution in [0.2, 0.25) is 0 Å². The number of benzene rings is 1. The molecule has 28 heavy (non-hydrogen) atoms. The van der Waals surface area contributed by atoms with Crippen molar-refractivity contribution in [2.75, 3.05) is 6.61 Å². The van der Waals surface area contributed by atoms with Gasteiger partial charge in [-0.05, 0) is 39.0 Å². The summed E-state index contributed by atoms with van der Waals surface area (Å²) in [6.45, 7) is 11.6. The monoisotopic (exact) mass is 384 g/mol. The zero-order chi connectivity index (χ0) is 20.2. The number of nitrogens with zero attached hydrogens (tertiary/aromatic N) is 4. The summed E-state index contributed by atoms with van der Waals surface area (Å²) in [5, 5.41) is 4.76. The molecule has 1 amide bonds. The smallest absolute Gasteiger partial charge is 0.258 e. The van der Waals surface area contributed by atoms with Crippen molar-refractivity contribution in [2.45, 2.75) is 53.8 Å². The summed E-state index contributed by atoms with van der Waals surface area (Å²) in [7, 11) is 0. The van der Waals surface area contributed by atoms with Gasteiger partial charge in [0.05, 0.1) is 37.0 Å². The van der Waals surface area contributed by atoms with Gasteiger partial charge in [0, 0.05) is 16.7 Å². The van der Waals surface area contributed by atoms with Crippen molar-refractivity contribution in [3.63, 3.8) is 0 Å². The first-order chi connectivity index (χ1) is 13.2. The first kappa shape index (κ1) is 18.7. The van der Waals surface area contributed by atoms with Crippen LogP contribution in [-0.4, -0.2) is 32.9 Å². The zero-order valence-electron chi connectivity index (χ0n) is 16.9. The van der Waals surface area contributed by atoms with Crippen molar-refractivity contribution in [1.29, 1.82) is 0 Å². The highest BCUT2D eigenvalue weighted by Crippen LogP contribution is 2.44. The van der Waals surface area contributed by atoms with Crippen LogP contribution < -0.4 is 4.74 Å². The lowest BCUT2D eigenvalue weighted by molar-refractivity contribution is 0.0743. The SMILES string of the molecule is CCOc1ccc(F)cc1C(=O)N1Cc2nn3c(c2C1)N=C(C)C(C)(C)C3C. The largest absolute Gasteiger partial charge is 0.493 e. The molecule has 6 nitrogen and oxygen atoms in total. The number of carbonyl (C=O) groups is 1. The summed E-state index contributed by atoms with van der Waals surface area (Å²) in [6, 6.07) is 4.22. The van der Waals surface area contributed by atoms with E-state index in [0.717, 1.165) is 22.8 Å². The van der Waals surface area contributed by atoms with Crippen LogP contribution in [0, 0.1) is 11.2 Å². The van der Waals surface area contributed by atoms with Gasteiger partial charge in [0.15, 0.2) is 5.82 Å². The van der Waals surface area contributed by atoms with Gasteiger partial charge in [-0.2, -0.15) is 5.10 Å². The van der Waals surface area contributed by atoms with Gasteiger partial charge in [-0.25, -0.2) is 14.1 Å². The number of hydrogen-bond acceptors (Lipinski definition) is 4. The second kappa shape index (κ2) is 6.43. The fourth-order valence-electron chi connectivity index (χ4n) is 3.79. The lowest BCUT2D eigenvalue weighted by Gasteiger charge is -2.36. The lowest BCUT2D eigenvalue weighted by atomic mass is 9.80. The number of fused-ring (bicyclic) bond motifs is 3. The maximum atomic E-state index is 13.8. The predicted octanol–water partition coefficient (Wildman–Crippen LogP) is 4.27. The molecule has 1 unspecified atom stereocenters. The molecular formula is C21H25FN4O2. The van der Waals surface area contributed by atoms with Gasteiger partial charge >= 0.3 is 0 Å². The fourth-order valence-corrected chi connectivity index (χ4v) is 3.79. The molecule has 0 N–H and O–H groups in total. The second-order valence-electron chi connectivity index (χ2n) is 8.02. The molecule has 0 spiro atoms. The Morgan fingerprint density at radius 1 is 1.36 bits per heavy atom. The molecule has 2 aromatic rings. The number of halogens is 1. The standard InChI is InChI=1S/C21H25FN4O2/c1-6-28-18-8-7-14(22)9-15(18)20(27)25-10-16-17(11-25)24-26-13(3)21(4,5)12(2)23-19(16)26/h7-9,13H,6,10-11H2,1-5H3. The molecule has 2 aliphatic heterocycles. The van der Waals surface area contributed by atoms with Crippen LogP contribution in [-0.2, 0) is 13.1 Å². The summed E-state index contributed by atoms with van der Waals surface area (Å²) in [6.07, 6.45) is 0. The maximum Gasteiger partial charge on any atom is 0.258 e. The van der Waals surface area contributed by atoms with Crippen LogP contribution >= 0.6 is 0 Å². The Labute approximate surface area is 164 Å². The molecule has 3 heterocycles. The summed E-state index contributed by atoms with van der Waals surface area (Å²) in [5.74, 6) is 0.512. The van der Waals surface area contributed by atoms with Gasteiger partial charge in [-0.3, -0.25) is 4.79 Å². The van der Waals surface area contributed by atoms with Crippen molar-refractivity contribution in [3.05, 3.63) is 40.8 Å². The van der Waals surface area contributed by atoms with E-state index in [1.165, 1.54) is 18.2 Å². The van der Waals surface area contributed by atoms with Crippen molar-refractivity contribution < 1.29 is 13.9 Å². The van der Waals surface area contributed by atoms with Crippen LogP contribution in [0.3, 0.4) is 0 Å². The lowest BCUT2D eigenvalue weighted by Crippen LogP contribution is -2.35. The predicted molar refractivity (Wildman–Crippen MR) is 105 cm³/mol. The van der Waals surface area contributed by atoms with Crippen LogP contribution in [0.15, 0.2) is 23.2 Å². The van der Waals surface area contributed by atoms with Crippen LogP contribution in [0.1, 0.15) is 62.3 Å². The van der Waals surface area contributed by atoms with E-state index in [9.17, 15) is 9.18 Å². The van der Waals surface area contributed by atoms with Gasteiger partial charge in [0.25, 0.3) is 5.91 Å². The number of hydrogen-bond donors (Lipinski definition) is 0. The molecule has 148 valence electrons. The summed E-state index contributed by atoms with van der Waals surface area (Å²) >= 11 is 0. The molecule has 0 radical (unpaired) electrons. The second-order valence-corrected chi connectivity index (χ2v) is 8.02. The molecule has 0 bridgehead atoms. The van der Waals surface area contributed by atoms with E-state index in [-0.39, 0.29) is 22.9 Å². The van der Waals surface area contributed by atoms with Crippen molar-refractivity contribution in [3.8, 4) is 5.75 Å². The highest BCUT2D eigenvalue weighted by molar-refractivity contribution is 5.97. The minimum absolute atomic E-state index is 0.0732. The van der Waals surface area contributed by atoms with Crippen LogP contribution in [0.25, 0.3) is 0 Å². The van der Waals surface area contributed by atoms with Gasteiger partial charge < -0.3 is 9.64 Å². The molecule has 0 saturated carbocycles. The number of ether oxygens (including phenoxy) is 1. The topological polar surface area (TPSA) is 59.7 Å². The third kappa shape index (κ3) is 2.72. The summed E-state index contributed by atoms with van der Waals surface area (Å²) in [5.41, 5.74) is 3.06. The Bertz CT molecular complexity index is 993. The highest BCUT2D eigenvalue weighted by atomic mass is 19.1. The van der Waals surface area contributed by atoms with Crippen molar-refractivity contribution >= 4 is 17.4 Å². The quantitative estimate of drug-likeness (QED) is 0.794. The minimum Gasteiger partial charge on any atom is -0.493 e. The first-order valence-electron chi connectivity index (χ1n) is 9.61. The van der Waals surface area contributed by atoms with E-state index in [2.05, 4.69) is 20.8 Å². The molecule has 4 rings (SSSR count). The van der Waals surface area contributed by atoms with Crippen molar-refractivity contribution in [1.82, 2.24) is 14.7 Å². The number of aromatic nitrogens is 2. The summed E-state index contributed by atoms with van der Waals surface area (Å²) in [4.78, 5) is 19.5.